The second-order valence-electron chi connectivity index (χ2n) is 5.76. The van der Waals surface area contributed by atoms with Crippen LogP contribution in [-0.2, 0) is 11.4 Å². The highest BCUT2D eigenvalue weighted by Crippen LogP contribution is 2.39. The molecule has 3 rings (SSSR count). The van der Waals surface area contributed by atoms with Gasteiger partial charge in [0.05, 0.1) is 17.0 Å². The van der Waals surface area contributed by atoms with Gasteiger partial charge in [0.15, 0.2) is 11.5 Å². The number of ether oxygens (including phenoxy) is 2. The van der Waals surface area contributed by atoms with Gasteiger partial charge in [0, 0.05) is 22.7 Å². The first-order chi connectivity index (χ1) is 13.3. The second-order valence-corrected chi connectivity index (χ2v) is 8.66. The van der Waals surface area contributed by atoms with Crippen molar-refractivity contribution in [1.82, 2.24) is 4.90 Å². The van der Waals surface area contributed by atoms with Gasteiger partial charge in [-0.15, -0.1) is 0 Å². The monoisotopic (exact) mass is 473 g/mol. The molecule has 2 aromatic carbocycles. The van der Waals surface area contributed by atoms with Gasteiger partial charge in [-0.25, -0.2) is 0 Å². The van der Waals surface area contributed by atoms with Crippen molar-refractivity contribution in [2.24, 2.45) is 0 Å². The Morgan fingerprint density at radius 1 is 1.18 bits per heavy atom. The third-order valence-corrected chi connectivity index (χ3v) is 6.43. The lowest BCUT2D eigenvalue weighted by Gasteiger charge is -2.15. The molecule has 0 saturated carbocycles. The molecule has 0 spiro atoms. The Labute approximate surface area is 187 Å². The Morgan fingerprint density at radius 2 is 1.86 bits per heavy atom. The van der Waals surface area contributed by atoms with Crippen molar-refractivity contribution in [3.63, 3.8) is 0 Å². The SMILES string of the molecule is COc1cc(/C=C2\SC(=S)N(C)C2=O)cc(Cl)c1OCc1c(Cl)cccc1Cl. The van der Waals surface area contributed by atoms with Crippen LogP contribution in [0.2, 0.25) is 15.1 Å². The molecule has 0 unspecified atom stereocenters. The summed E-state index contributed by atoms with van der Waals surface area (Å²) in [6, 6.07) is 8.65. The van der Waals surface area contributed by atoms with Gasteiger partial charge in [0.25, 0.3) is 5.91 Å². The molecule has 1 fully saturated rings. The maximum absolute atomic E-state index is 12.2. The third kappa shape index (κ3) is 4.42. The van der Waals surface area contributed by atoms with E-state index in [0.29, 0.717) is 46.9 Å². The summed E-state index contributed by atoms with van der Waals surface area (Å²) < 4.78 is 11.8. The lowest BCUT2D eigenvalue weighted by atomic mass is 10.1. The zero-order valence-electron chi connectivity index (χ0n) is 14.8. The van der Waals surface area contributed by atoms with E-state index in [4.69, 9.17) is 56.5 Å². The number of carbonyl (C=O) groups is 1. The zero-order chi connectivity index (χ0) is 20.4. The van der Waals surface area contributed by atoms with Crippen LogP contribution in [0.15, 0.2) is 35.2 Å². The molecule has 0 atom stereocenters. The van der Waals surface area contributed by atoms with Crippen molar-refractivity contribution in [1.29, 1.82) is 0 Å². The Morgan fingerprint density at radius 3 is 2.43 bits per heavy atom. The summed E-state index contributed by atoms with van der Waals surface area (Å²) in [5.41, 5.74) is 1.35. The van der Waals surface area contributed by atoms with Crippen molar-refractivity contribution in [2.75, 3.05) is 14.2 Å². The number of likely N-dealkylation sites (N-methyl/N-ethyl adjacent to an activating group) is 1. The van der Waals surface area contributed by atoms with Gasteiger partial charge in [-0.2, -0.15) is 0 Å². The van der Waals surface area contributed by atoms with Crippen LogP contribution in [0.3, 0.4) is 0 Å². The topological polar surface area (TPSA) is 38.8 Å². The van der Waals surface area contributed by atoms with Crippen LogP contribution in [0.5, 0.6) is 11.5 Å². The molecule has 1 amide bonds. The molecule has 0 radical (unpaired) electrons. The lowest BCUT2D eigenvalue weighted by Crippen LogP contribution is -2.22. The number of benzene rings is 2. The highest BCUT2D eigenvalue weighted by molar-refractivity contribution is 8.26. The summed E-state index contributed by atoms with van der Waals surface area (Å²) in [6.45, 7) is 0.127. The van der Waals surface area contributed by atoms with Gasteiger partial charge in [-0.3, -0.25) is 9.69 Å². The molecule has 2 aromatic rings. The molecule has 1 aliphatic heterocycles. The molecule has 4 nitrogen and oxygen atoms in total. The number of nitrogens with zero attached hydrogens (tertiary/aromatic N) is 1. The molecule has 1 heterocycles. The van der Waals surface area contributed by atoms with Gasteiger partial charge in [-0.05, 0) is 35.9 Å². The lowest BCUT2D eigenvalue weighted by molar-refractivity contribution is -0.121. The number of thioether (sulfide) groups is 1. The first kappa shape index (κ1) is 21.3. The first-order valence-corrected chi connectivity index (χ1v) is 10.3. The number of rotatable bonds is 5. The Hall–Kier alpha value is -1.44. The van der Waals surface area contributed by atoms with Crippen LogP contribution in [-0.4, -0.2) is 29.3 Å². The van der Waals surface area contributed by atoms with E-state index in [0.717, 1.165) is 0 Å². The summed E-state index contributed by atoms with van der Waals surface area (Å²) in [4.78, 5) is 14.1. The van der Waals surface area contributed by atoms with E-state index in [1.165, 1.54) is 23.8 Å². The van der Waals surface area contributed by atoms with Crippen LogP contribution < -0.4 is 9.47 Å². The molecule has 0 N–H and O–H groups in total. The van der Waals surface area contributed by atoms with Crippen molar-refractivity contribution in [2.45, 2.75) is 6.61 Å². The molecule has 28 heavy (non-hydrogen) atoms. The number of hydrogen-bond donors (Lipinski definition) is 0. The molecule has 0 aromatic heterocycles. The molecule has 146 valence electrons. The molecular formula is C19H14Cl3NO3S2. The number of amides is 1. The van der Waals surface area contributed by atoms with Crippen LogP contribution in [0.25, 0.3) is 6.08 Å². The van der Waals surface area contributed by atoms with Crippen LogP contribution >= 0.6 is 58.8 Å². The Balaban J connectivity index is 1.88. The van der Waals surface area contributed by atoms with E-state index in [1.807, 2.05) is 0 Å². The quantitative estimate of drug-likeness (QED) is 0.389. The Bertz CT molecular complexity index is 974. The number of halogens is 3. The summed E-state index contributed by atoms with van der Waals surface area (Å²) in [5, 5.41) is 1.34. The van der Waals surface area contributed by atoms with Crippen molar-refractivity contribution in [3.8, 4) is 11.5 Å². The fourth-order valence-corrected chi connectivity index (χ4v) is 4.43. The normalized spacial score (nSPS) is 15.5. The minimum atomic E-state index is -0.154. The van der Waals surface area contributed by atoms with Crippen molar-refractivity contribution < 1.29 is 14.3 Å². The van der Waals surface area contributed by atoms with Gasteiger partial charge in [0.1, 0.15) is 10.9 Å². The van der Waals surface area contributed by atoms with E-state index < -0.39 is 0 Å². The third-order valence-electron chi connectivity index (χ3n) is 3.96. The van der Waals surface area contributed by atoms with Crippen molar-refractivity contribution in [3.05, 3.63) is 61.4 Å². The fourth-order valence-electron chi connectivity index (χ4n) is 2.47. The van der Waals surface area contributed by atoms with Gasteiger partial charge in [-0.1, -0.05) is 64.8 Å². The number of carbonyl (C=O) groups excluding carboxylic acids is 1. The van der Waals surface area contributed by atoms with E-state index >= 15 is 0 Å². The summed E-state index contributed by atoms with van der Waals surface area (Å²) in [5.74, 6) is 0.632. The van der Waals surface area contributed by atoms with E-state index in [9.17, 15) is 4.79 Å². The van der Waals surface area contributed by atoms with Gasteiger partial charge >= 0.3 is 0 Å². The van der Waals surface area contributed by atoms with Crippen molar-refractivity contribution >= 4 is 75.1 Å². The van der Waals surface area contributed by atoms with Crippen LogP contribution in [0.4, 0.5) is 0 Å². The van der Waals surface area contributed by atoms with Gasteiger partial charge < -0.3 is 9.47 Å². The summed E-state index contributed by atoms with van der Waals surface area (Å²) in [7, 11) is 3.15. The average molecular weight is 475 g/mol. The zero-order valence-corrected chi connectivity index (χ0v) is 18.7. The average Bonchev–Trinajstić information content (AvgIpc) is 2.89. The largest absolute Gasteiger partial charge is 0.493 e. The minimum Gasteiger partial charge on any atom is -0.493 e. The minimum absolute atomic E-state index is 0.127. The standard InChI is InChI=1S/C19H14Cl3NO3S2/c1-23-18(24)16(28-19(23)27)8-10-6-14(22)17(15(7-10)25-2)26-9-11-12(20)4-3-5-13(11)21/h3-8H,9H2,1-2H3/b16-8-. The Kier molecular flexibility index (Phi) is 6.78. The number of thiocarbonyl (C=S) groups is 1. The molecule has 0 aliphatic carbocycles. The molecular weight excluding hydrogens is 461 g/mol. The second kappa shape index (κ2) is 8.93. The molecule has 1 saturated heterocycles. The van der Waals surface area contributed by atoms with Crippen LogP contribution in [0.1, 0.15) is 11.1 Å². The number of hydrogen-bond acceptors (Lipinski definition) is 5. The fraction of sp³-hybridized carbons (Fsp3) is 0.158. The highest BCUT2D eigenvalue weighted by atomic mass is 35.5. The van der Waals surface area contributed by atoms with Crippen LogP contribution in [0, 0.1) is 0 Å². The maximum atomic E-state index is 12.2. The molecule has 1 aliphatic rings. The molecule has 0 bridgehead atoms. The number of methoxy groups -OCH3 is 1. The molecule has 9 heteroatoms. The summed E-state index contributed by atoms with van der Waals surface area (Å²) in [6.07, 6.45) is 1.71. The van der Waals surface area contributed by atoms with Gasteiger partial charge in [0.2, 0.25) is 0 Å². The first-order valence-electron chi connectivity index (χ1n) is 7.96. The van der Waals surface area contributed by atoms with E-state index in [1.54, 1.807) is 43.5 Å². The van der Waals surface area contributed by atoms with E-state index in [-0.39, 0.29) is 12.5 Å². The summed E-state index contributed by atoms with van der Waals surface area (Å²) >= 11 is 25.2. The maximum Gasteiger partial charge on any atom is 0.265 e. The van der Waals surface area contributed by atoms with E-state index in [2.05, 4.69) is 0 Å². The predicted molar refractivity (Wildman–Crippen MR) is 120 cm³/mol. The predicted octanol–water partition coefficient (Wildman–Crippen LogP) is 6.07. The highest BCUT2D eigenvalue weighted by Gasteiger charge is 2.28. The smallest absolute Gasteiger partial charge is 0.265 e.